The van der Waals surface area contributed by atoms with Crippen LogP contribution in [-0.4, -0.2) is 20.4 Å². The summed E-state index contributed by atoms with van der Waals surface area (Å²) in [5.41, 5.74) is 4.68. The Kier molecular flexibility index (Phi) is 4.34. The summed E-state index contributed by atoms with van der Waals surface area (Å²) >= 11 is 1.73. The SMILES string of the molecule is Cc1cc(C(=O)NCc2nc3ccccc3[nH]2)c(C)n1Cc1cccs1. The van der Waals surface area contributed by atoms with Gasteiger partial charge in [0.2, 0.25) is 0 Å². The van der Waals surface area contributed by atoms with Crippen molar-refractivity contribution >= 4 is 28.3 Å². The normalized spacial score (nSPS) is 11.2. The minimum absolute atomic E-state index is 0.0732. The van der Waals surface area contributed by atoms with Gasteiger partial charge in [0.25, 0.3) is 5.91 Å². The Morgan fingerprint density at radius 3 is 2.85 bits per heavy atom. The van der Waals surface area contributed by atoms with Crippen molar-refractivity contribution in [2.24, 2.45) is 0 Å². The maximum Gasteiger partial charge on any atom is 0.253 e. The summed E-state index contributed by atoms with van der Waals surface area (Å²) in [6, 6.07) is 14.0. The number of fused-ring (bicyclic) bond motifs is 1. The lowest BCUT2D eigenvalue weighted by atomic mass is 10.2. The Labute approximate surface area is 155 Å². The van der Waals surface area contributed by atoms with Crippen molar-refractivity contribution in [3.63, 3.8) is 0 Å². The van der Waals surface area contributed by atoms with E-state index in [4.69, 9.17) is 0 Å². The van der Waals surface area contributed by atoms with E-state index in [1.165, 1.54) is 4.88 Å². The number of benzene rings is 1. The van der Waals surface area contributed by atoms with Gasteiger partial charge in [0.1, 0.15) is 5.82 Å². The lowest BCUT2D eigenvalue weighted by molar-refractivity contribution is 0.0949. The molecule has 3 aromatic heterocycles. The third-order valence-electron chi connectivity index (χ3n) is 4.57. The fraction of sp³-hybridized carbons (Fsp3) is 0.200. The van der Waals surface area contributed by atoms with Crippen LogP contribution in [0.2, 0.25) is 0 Å². The molecule has 1 aromatic carbocycles. The Morgan fingerprint density at radius 2 is 2.08 bits per heavy atom. The molecule has 0 spiro atoms. The molecule has 26 heavy (non-hydrogen) atoms. The molecule has 0 fully saturated rings. The van der Waals surface area contributed by atoms with Crippen molar-refractivity contribution in [1.29, 1.82) is 0 Å². The van der Waals surface area contributed by atoms with Gasteiger partial charge in [-0.2, -0.15) is 0 Å². The van der Waals surface area contributed by atoms with E-state index in [1.54, 1.807) is 11.3 Å². The average molecular weight is 364 g/mol. The minimum atomic E-state index is -0.0732. The number of aromatic nitrogens is 3. The molecule has 0 saturated heterocycles. The zero-order valence-electron chi connectivity index (χ0n) is 14.7. The largest absolute Gasteiger partial charge is 0.345 e. The van der Waals surface area contributed by atoms with Crippen LogP contribution in [0, 0.1) is 13.8 Å². The molecule has 0 saturated carbocycles. The third kappa shape index (κ3) is 3.15. The number of nitrogens with zero attached hydrogens (tertiary/aromatic N) is 2. The quantitative estimate of drug-likeness (QED) is 0.562. The zero-order valence-corrected chi connectivity index (χ0v) is 15.6. The van der Waals surface area contributed by atoms with Crippen LogP contribution in [0.5, 0.6) is 0 Å². The highest BCUT2D eigenvalue weighted by Crippen LogP contribution is 2.19. The van der Waals surface area contributed by atoms with E-state index in [0.29, 0.717) is 6.54 Å². The van der Waals surface area contributed by atoms with E-state index in [0.717, 1.165) is 40.4 Å². The van der Waals surface area contributed by atoms with E-state index in [1.807, 2.05) is 44.2 Å². The van der Waals surface area contributed by atoms with Gasteiger partial charge >= 0.3 is 0 Å². The summed E-state index contributed by atoms with van der Waals surface area (Å²) in [5.74, 6) is 0.683. The molecule has 0 atom stereocenters. The molecule has 0 unspecified atom stereocenters. The van der Waals surface area contributed by atoms with E-state index in [9.17, 15) is 4.79 Å². The number of imidazole rings is 1. The van der Waals surface area contributed by atoms with Gasteiger partial charge in [-0.25, -0.2) is 4.98 Å². The second-order valence-electron chi connectivity index (χ2n) is 6.33. The molecule has 2 N–H and O–H groups in total. The lowest BCUT2D eigenvalue weighted by Gasteiger charge is -2.08. The van der Waals surface area contributed by atoms with Crippen LogP contribution in [0.3, 0.4) is 0 Å². The smallest absolute Gasteiger partial charge is 0.253 e. The molecular formula is C20H20N4OS. The number of H-pyrrole nitrogens is 1. The summed E-state index contributed by atoms with van der Waals surface area (Å²) in [6.07, 6.45) is 0. The first kappa shape index (κ1) is 16.6. The molecule has 4 rings (SSSR count). The van der Waals surface area contributed by atoms with Gasteiger partial charge in [-0.15, -0.1) is 11.3 Å². The van der Waals surface area contributed by atoms with E-state index in [2.05, 4.69) is 37.4 Å². The van der Waals surface area contributed by atoms with Crippen LogP contribution in [0.15, 0.2) is 47.8 Å². The Balaban J connectivity index is 1.49. The Hall–Kier alpha value is -2.86. The second-order valence-corrected chi connectivity index (χ2v) is 7.37. The molecule has 3 heterocycles. The summed E-state index contributed by atoms with van der Waals surface area (Å²) in [4.78, 5) is 21.7. The van der Waals surface area contributed by atoms with E-state index in [-0.39, 0.29) is 5.91 Å². The van der Waals surface area contributed by atoms with Crippen LogP contribution in [0.4, 0.5) is 0 Å². The van der Waals surface area contributed by atoms with Crippen molar-refractivity contribution in [2.75, 3.05) is 0 Å². The fourth-order valence-electron chi connectivity index (χ4n) is 3.18. The first-order valence-electron chi connectivity index (χ1n) is 8.53. The molecule has 5 nitrogen and oxygen atoms in total. The topological polar surface area (TPSA) is 62.7 Å². The van der Waals surface area contributed by atoms with Gasteiger partial charge in [0.05, 0.1) is 29.7 Å². The molecule has 0 aliphatic rings. The molecule has 132 valence electrons. The number of hydrogen-bond acceptors (Lipinski definition) is 3. The highest BCUT2D eigenvalue weighted by Gasteiger charge is 2.16. The van der Waals surface area contributed by atoms with Crippen LogP contribution in [0.25, 0.3) is 11.0 Å². The number of nitrogens with one attached hydrogen (secondary N) is 2. The number of carbonyl (C=O) groups is 1. The maximum atomic E-state index is 12.7. The number of thiophene rings is 1. The van der Waals surface area contributed by atoms with Crippen LogP contribution in [-0.2, 0) is 13.1 Å². The number of aromatic amines is 1. The Morgan fingerprint density at radius 1 is 1.23 bits per heavy atom. The summed E-state index contributed by atoms with van der Waals surface area (Å²) in [6.45, 7) is 5.21. The standard InChI is InChI=1S/C20H20N4OS/c1-13-10-16(14(2)24(13)12-15-6-5-9-26-15)20(25)21-11-19-22-17-7-3-4-8-18(17)23-19/h3-10H,11-12H2,1-2H3,(H,21,25)(H,22,23). The van der Waals surface area contributed by atoms with Crippen LogP contribution >= 0.6 is 11.3 Å². The molecule has 1 amide bonds. The van der Waals surface area contributed by atoms with Gasteiger partial charge in [-0.05, 0) is 43.5 Å². The van der Waals surface area contributed by atoms with E-state index < -0.39 is 0 Å². The maximum absolute atomic E-state index is 12.7. The number of rotatable bonds is 5. The van der Waals surface area contributed by atoms with Crippen molar-refractivity contribution in [3.05, 3.63) is 75.5 Å². The minimum Gasteiger partial charge on any atom is -0.345 e. The van der Waals surface area contributed by atoms with E-state index >= 15 is 0 Å². The number of amides is 1. The van der Waals surface area contributed by atoms with Gasteiger partial charge < -0.3 is 14.9 Å². The summed E-state index contributed by atoms with van der Waals surface area (Å²) in [5, 5.41) is 5.05. The fourth-order valence-corrected chi connectivity index (χ4v) is 3.87. The Bertz CT molecular complexity index is 1030. The van der Waals surface area contributed by atoms with Crippen molar-refractivity contribution in [2.45, 2.75) is 26.9 Å². The molecule has 0 aliphatic carbocycles. The first-order valence-corrected chi connectivity index (χ1v) is 9.40. The predicted molar refractivity (Wildman–Crippen MR) is 105 cm³/mol. The predicted octanol–water partition coefficient (Wildman–Crippen LogP) is 4.02. The molecule has 6 heteroatoms. The molecule has 4 aromatic rings. The molecule has 0 bridgehead atoms. The van der Waals surface area contributed by atoms with Crippen molar-refractivity contribution in [3.8, 4) is 0 Å². The summed E-state index contributed by atoms with van der Waals surface area (Å²) < 4.78 is 2.18. The molecule has 0 radical (unpaired) electrons. The van der Waals surface area contributed by atoms with Gasteiger partial charge in [-0.3, -0.25) is 4.79 Å². The zero-order chi connectivity index (χ0) is 18.1. The lowest BCUT2D eigenvalue weighted by Crippen LogP contribution is -2.24. The molecular weight excluding hydrogens is 344 g/mol. The highest BCUT2D eigenvalue weighted by molar-refractivity contribution is 7.09. The number of hydrogen-bond donors (Lipinski definition) is 2. The number of para-hydroxylation sites is 2. The van der Waals surface area contributed by atoms with Crippen molar-refractivity contribution in [1.82, 2.24) is 19.9 Å². The van der Waals surface area contributed by atoms with Crippen LogP contribution < -0.4 is 5.32 Å². The van der Waals surface area contributed by atoms with Crippen molar-refractivity contribution < 1.29 is 4.79 Å². The van der Waals surface area contributed by atoms with Gasteiger partial charge in [0, 0.05) is 16.3 Å². The number of carbonyl (C=O) groups excluding carboxylic acids is 1. The van der Waals surface area contributed by atoms with Gasteiger partial charge in [0.15, 0.2) is 0 Å². The highest BCUT2D eigenvalue weighted by atomic mass is 32.1. The average Bonchev–Trinajstić information content (AvgIpc) is 3.35. The second kappa shape index (κ2) is 6.80. The first-order chi connectivity index (χ1) is 12.6. The van der Waals surface area contributed by atoms with Gasteiger partial charge in [-0.1, -0.05) is 18.2 Å². The molecule has 0 aliphatic heterocycles. The summed E-state index contributed by atoms with van der Waals surface area (Å²) in [7, 11) is 0. The number of aryl methyl sites for hydroxylation is 1. The third-order valence-corrected chi connectivity index (χ3v) is 5.43. The monoisotopic (exact) mass is 364 g/mol. The van der Waals surface area contributed by atoms with Crippen LogP contribution in [0.1, 0.15) is 32.4 Å².